The second-order valence-electron chi connectivity index (χ2n) is 6.33. The topological polar surface area (TPSA) is 89.1 Å². The van der Waals surface area contributed by atoms with Crippen molar-refractivity contribution in [1.29, 1.82) is 0 Å². The van der Waals surface area contributed by atoms with Crippen LogP contribution < -0.4 is 5.32 Å². The van der Waals surface area contributed by atoms with Crippen LogP contribution in [-0.4, -0.2) is 50.2 Å². The smallest absolute Gasteiger partial charge is 0.276 e. The molecule has 1 unspecified atom stereocenters. The van der Waals surface area contributed by atoms with Gasteiger partial charge in [-0.05, 0) is 18.6 Å². The first-order valence-corrected chi connectivity index (χ1v) is 8.51. The van der Waals surface area contributed by atoms with Crippen molar-refractivity contribution in [1.82, 2.24) is 30.0 Å². The molecule has 1 fully saturated rings. The highest BCUT2D eigenvalue weighted by Gasteiger charge is 2.32. The Morgan fingerprint density at radius 1 is 1.38 bits per heavy atom. The van der Waals surface area contributed by atoms with Crippen LogP contribution >= 0.6 is 0 Å². The summed E-state index contributed by atoms with van der Waals surface area (Å²) in [4.78, 5) is 23.7. The molecule has 1 saturated heterocycles. The standard InChI is InChI=1S/C18H20N6O2/c1-12-16(22-17(26-12)14-9-21-23(2)11-14)18(25)24-7-6-20-10-15(24)13-4-3-5-19-8-13/h3-5,8-9,11,15,20H,6-7,10H2,1-2H3. The van der Waals surface area contributed by atoms with Crippen LogP contribution in [0.4, 0.5) is 0 Å². The van der Waals surface area contributed by atoms with Crippen LogP contribution in [0.1, 0.15) is 27.9 Å². The van der Waals surface area contributed by atoms with Crippen molar-refractivity contribution in [3.8, 4) is 11.5 Å². The molecular weight excluding hydrogens is 332 g/mol. The monoisotopic (exact) mass is 352 g/mol. The van der Waals surface area contributed by atoms with E-state index in [0.717, 1.165) is 17.7 Å². The van der Waals surface area contributed by atoms with Crippen molar-refractivity contribution < 1.29 is 9.21 Å². The van der Waals surface area contributed by atoms with Crippen molar-refractivity contribution in [2.75, 3.05) is 19.6 Å². The summed E-state index contributed by atoms with van der Waals surface area (Å²) in [5.74, 6) is 0.793. The average Bonchev–Trinajstić information content (AvgIpc) is 3.27. The van der Waals surface area contributed by atoms with Gasteiger partial charge < -0.3 is 14.6 Å². The van der Waals surface area contributed by atoms with Gasteiger partial charge in [0.15, 0.2) is 5.69 Å². The molecular formula is C18H20N6O2. The molecule has 8 heteroatoms. The Morgan fingerprint density at radius 3 is 3.00 bits per heavy atom. The summed E-state index contributed by atoms with van der Waals surface area (Å²) < 4.78 is 7.40. The Balaban J connectivity index is 1.65. The first-order chi connectivity index (χ1) is 12.6. The van der Waals surface area contributed by atoms with Gasteiger partial charge in [-0.2, -0.15) is 5.10 Å². The summed E-state index contributed by atoms with van der Waals surface area (Å²) in [6.07, 6.45) is 7.01. The highest BCUT2D eigenvalue weighted by atomic mass is 16.4. The number of amides is 1. The number of rotatable bonds is 3. The fraction of sp³-hybridized carbons (Fsp3) is 0.333. The molecule has 0 saturated carbocycles. The second kappa shape index (κ2) is 6.72. The number of pyridine rings is 1. The average molecular weight is 352 g/mol. The Kier molecular flexibility index (Phi) is 4.26. The number of piperazine rings is 1. The maximum absolute atomic E-state index is 13.2. The zero-order chi connectivity index (χ0) is 18.1. The molecule has 1 N–H and O–H groups in total. The van der Waals surface area contributed by atoms with Gasteiger partial charge in [0.25, 0.3) is 5.91 Å². The van der Waals surface area contributed by atoms with E-state index >= 15 is 0 Å². The molecule has 1 aliphatic heterocycles. The van der Waals surface area contributed by atoms with E-state index in [9.17, 15) is 4.79 Å². The molecule has 4 rings (SSSR count). The number of nitrogens with one attached hydrogen (secondary N) is 1. The van der Waals surface area contributed by atoms with Gasteiger partial charge >= 0.3 is 0 Å². The zero-order valence-electron chi connectivity index (χ0n) is 14.7. The van der Waals surface area contributed by atoms with E-state index in [1.54, 1.807) is 30.2 Å². The number of oxazole rings is 1. The van der Waals surface area contributed by atoms with Crippen molar-refractivity contribution in [2.45, 2.75) is 13.0 Å². The minimum Gasteiger partial charge on any atom is -0.440 e. The van der Waals surface area contributed by atoms with E-state index in [-0.39, 0.29) is 11.9 Å². The molecule has 4 heterocycles. The molecule has 3 aromatic heterocycles. The van der Waals surface area contributed by atoms with Gasteiger partial charge in [0.2, 0.25) is 5.89 Å². The first-order valence-electron chi connectivity index (χ1n) is 8.51. The largest absolute Gasteiger partial charge is 0.440 e. The third-order valence-corrected chi connectivity index (χ3v) is 4.52. The van der Waals surface area contributed by atoms with Gasteiger partial charge in [-0.25, -0.2) is 4.98 Å². The fourth-order valence-corrected chi connectivity index (χ4v) is 3.20. The molecule has 134 valence electrons. The molecule has 1 amide bonds. The fourth-order valence-electron chi connectivity index (χ4n) is 3.20. The Labute approximate surface area is 150 Å². The summed E-state index contributed by atoms with van der Waals surface area (Å²) in [5, 5.41) is 7.47. The highest BCUT2D eigenvalue weighted by Crippen LogP contribution is 2.26. The van der Waals surface area contributed by atoms with E-state index in [4.69, 9.17) is 4.42 Å². The SMILES string of the molecule is Cc1oc(-c2cnn(C)c2)nc1C(=O)N1CCNCC1c1cccnc1. The maximum atomic E-state index is 13.2. The van der Waals surface area contributed by atoms with Crippen LogP contribution in [0.25, 0.3) is 11.5 Å². The Morgan fingerprint density at radius 2 is 2.27 bits per heavy atom. The molecule has 8 nitrogen and oxygen atoms in total. The lowest BCUT2D eigenvalue weighted by atomic mass is 10.0. The van der Waals surface area contributed by atoms with Crippen molar-refractivity contribution in [3.05, 3.63) is 53.9 Å². The Bertz CT molecular complexity index is 917. The number of aromatic nitrogens is 4. The first kappa shape index (κ1) is 16.5. The summed E-state index contributed by atoms with van der Waals surface area (Å²) in [6, 6.07) is 3.79. The summed E-state index contributed by atoms with van der Waals surface area (Å²) in [6.45, 7) is 3.80. The van der Waals surface area contributed by atoms with E-state index in [2.05, 4.69) is 20.4 Å². The normalized spacial score (nSPS) is 17.5. The predicted octanol–water partition coefficient (Wildman–Crippen LogP) is 1.57. The van der Waals surface area contributed by atoms with Crippen molar-refractivity contribution in [3.63, 3.8) is 0 Å². The van der Waals surface area contributed by atoms with Crippen molar-refractivity contribution in [2.24, 2.45) is 7.05 Å². The molecule has 3 aromatic rings. The molecule has 1 aliphatic rings. The third-order valence-electron chi connectivity index (χ3n) is 4.52. The second-order valence-corrected chi connectivity index (χ2v) is 6.33. The van der Waals surface area contributed by atoms with Crippen LogP contribution in [0, 0.1) is 6.92 Å². The molecule has 0 aromatic carbocycles. The lowest BCUT2D eigenvalue weighted by Crippen LogP contribution is -2.49. The number of carbonyl (C=O) groups excluding carboxylic acids is 1. The van der Waals surface area contributed by atoms with Crippen LogP contribution in [0.15, 0.2) is 41.3 Å². The molecule has 0 bridgehead atoms. The quantitative estimate of drug-likeness (QED) is 0.770. The van der Waals surface area contributed by atoms with Gasteiger partial charge in [0, 0.05) is 45.3 Å². The van der Waals surface area contributed by atoms with E-state index in [1.807, 2.05) is 30.3 Å². The zero-order valence-corrected chi connectivity index (χ0v) is 14.7. The van der Waals surface area contributed by atoms with Gasteiger partial charge in [0.1, 0.15) is 5.76 Å². The number of hydrogen-bond acceptors (Lipinski definition) is 6. The Hall–Kier alpha value is -3.00. The maximum Gasteiger partial charge on any atom is 0.276 e. The minimum atomic E-state index is -0.128. The molecule has 0 aliphatic carbocycles. The van der Waals surface area contributed by atoms with Crippen LogP contribution in [-0.2, 0) is 7.05 Å². The van der Waals surface area contributed by atoms with Crippen molar-refractivity contribution >= 4 is 5.91 Å². The van der Waals surface area contributed by atoms with E-state index < -0.39 is 0 Å². The highest BCUT2D eigenvalue weighted by molar-refractivity contribution is 5.94. The molecule has 26 heavy (non-hydrogen) atoms. The number of aryl methyl sites for hydroxylation is 2. The molecule has 0 radical (unpaired) electrons. The number of nitrogens with zero attached hydrogens (tertiary/aromatic N) is 5. The van der Waals surface area contributed by atoms with Gasteiger partial charge in [-0.3, -0.25) is 14.5 Å². The minimum absolute atomic E-state index is 0.0807. The summed E-state index contributed by atoms with van der Waals surface area (Å²) in [7, 11) is 1.82. The lowest BCUT2D eigenvalue weighted by molar-refractivity contribution is 0.0627. The van der Waals surface area contributed by atoms with Crippen LogP contribution in [0.5, 0.6) is 0 Å². The van der Waals surface area contributed by atoms with E-state index in [1.165, 1.54) is 0 Å². The summed E-state index contributed by atoms with van der Waals surface area (Å²) >= 11 is 0. The van der Waals surface area contributed by atoms with E-state index in [0.29, 0.717) is 30.4 Å². The lowest BCUT2D eigenvalue weighted by Gasteiger charge is -2.36. The van der Waals surface area contributed by atoms with Gasteiger partial charge in [-0.15, -0.1) is 0 Å². The number of hydrogen-bond donors (Lipinski definition) is 1. The van der Waals surface area contributed by atoms with Crippen LogP contribution in [0.3, 0.4) is 0 Å². The molecule has 0 spiro atoms. The number of carbonyl (C=O) groups is 1. The predicted molar refractivity (Wildman–Crippen MR) is 94.3 cm³/mol. The van der Waals surface area contributed by atoms with Gasteiger partial charge in [-0.1, -0.05) is 6.07 Å². The van der Waals surface area contributed by atoms with Crippen LogP contribution in [0.2, 0.25) is 0 Å². The third kappa shape index (κ3) is 2.99. The summed E-state index contributed by atoms with van der Waals surface area (Å²) in [5.41, 5.74) is 2.10. The van der Waals surface area contributed by atoms with Gasteiger partial charge in [0.05, 0.1) is 17.8 Å². The molecule has 1 atom stereocenters.